The molecule has 2 aliphatic heterocycles. The molecule has 3 nitrogen and oxygen atoms in total. The number of likely N-dealkylation sites (tertiary alicyclic amines) is 1. The summed E-state index contributed by atoms with van der Waals surface area (Å²) >= 11 is 0. The van der Waals surface area contributed by atoms with Gasteiger partial charge in [-0.1, -0.05) is 6.92 Å². The summed E-state index contributed by atoms with van der Waals surface area (Å²) in [5, 5.41) is 3.35. The van der Waals surface area contributed by atoms with Gasteiger partial charge in [0.25, 0.3) is 0 Å². The van der Waals surface area contributed by atoms with Gasteiger partial charge < -0.3 is 10.2 Å². The van der Waals surface area contributed by atoms with Gasteiger partial charge in [-0.3, -0.25) is 4.79 Å². The maximum Gasteiger partial charge on any atom is 0.222 e. The number of nitrogens with zero attached hydrogens (tertiary/aromatic N) is 1. The topological polar surface area (TPSA) is 32.3 Å². The molecule has 2 saturated heterocycles. The maximum absolute atomic E-state index is 11.4. The van der Waals surface area contributed by atoms with Crippen molar-refractivity contribution in [1.29, 1.82) is 0 Å². The van der Waals surface area contributed by atoms with Crippen LogP contribution in [0, 0.1) is 11.8 Å². The Hall–Kier alpha value is -0.570. The van der Waals surface area contributed by atoms with Crippen molar-refractivity contribution in [2.45, 2.75) is 19.4 Å². The van der Waals surface area contributed by atoms with Crippen molar-refractivity contribution < 1.29 is 4.79 Å². The third-order valence-electron chi connectivity index (χ3n) is 3.35. The van der Waals surface area contributed by atoms with Gasteiger partial charge >= 0.3 is 0 Å². The highest BCUT2D eigenvalue weighted by Crippen LogP contribution is 2.30. The lowest BCUT2D eigenvalue weighted by atomic mass is 9.83. The van der Waals surface area contributed by atoms with Gasteiger partial charge in [0.05, 0.1) is 0 Å². The van der Waals surface area contributed by atoms with Crippen LogP contribution in [0.25, 0.3) is 0 Å². The molecule has 0 aliphatic carbocycles. The number of carbonyl (C=O) groups is 1. The van der Waals surface area contributed by atoms with Gasteiger partial charge in [-0.25, -0.2) is 0 Å². The molecule has 3 unspecified atom stereocenters. The predicted octanol–water partition coefficient (Wildman–Crippen LogP) is 0.0726. The average Bonchev–Trinajstić information content (AvgIpc) is 2.48. The van der Waals surface area contributed by atoms with Gasteiger partial charge in [-0.15, -0.1) is 0 Å². The summed E-state index contributed by atoms with van der Waals surface area (Å²) in [6, 6.07) is 0.459. The largest absolute Gasteiger partial charge is 0.341 e. The highest BCUT2D eigenvalue weighted by atomic mass is 16.2. The van der Waals surface area contributed by atoms with Crippen LogP contribution >= 0.6 is 0 Å². The fourth-order valence-corrected chi connectivity index (χ4v) is 2.45. The molecule has 68 valence electrons. The first-order valence-corrected chi connectivity index (χ1v) is 4.66. The van der Waals surface area contributed by atoms with Crippen LogP contribution in [-0.2, 0) is 4.79 Å². The molecule has 2 rings (SSSR count). The van der Waals surface area contributed by atoms with Gasteiger partial charge in [0.15, 0.2) is 0 Å². The fraction of sp³-hybridized carbons (Fsp3) is 0.889. The van der Waals surface area contributed by atoms with E-state index in [1.54, 1.807) is 0 Å². The van der Waals surface area contributed by atoms with Crippen molar-refractivity contribution in [2.75, 3.05) is 20.1 Å². The molecule has 0 saturated carbocycles. The van der Waals surface area contributed by atoms with Crippen molar-refractivity contribution >= 4 is 5.91 Å². The van der Waals surface area contributed by atoms with Crippen LogP contribution in [0.15, 0.2) is 0 Å². The molecule has 2 aliphatic rings. The van der Waals surface area contributed by atoms with E-state index in [-0.39, 0.29) is 0 Å². The first-order valence-electron chi connectivity index (χ1n) is 4.66. The van der Waals surface area contributed by atoms with Crippen LogP contribution in [-0.4, -0.2) is 37.0 Å². The van der Waals surface area contributed by atoms with E-state index in [9.17, 15) is 4.79 Å². The Labute approximate surface area is 73.1 Å². The molecule has 1 N–H and O–H groups in total. The second-order valence-electron chi connectivity index (χ2n) is 4.08. The summed E-state index contributed by atoms with van der Waals surface area (Å²) in [5.41, 5.74) is 0. The maximum atomic E-state index is 11.4. The van der Waals surface area contributed by atoms with Crippen LogP contribution in [0.3, 0.4) is 0 Å². The van der Waals surface area contributed by atoms with E-state index in [2.05, 4.69) is 12.2 Å². The summed E-state index contributed by atoms with van der Waals surface area (Å²) in [5.74, 6) is 1.56. The Morgan fingerprint density at radius 2 is 2.25 bits per heavy atom. The monoisotopic (exact) mass is 168 g/mol. The minimum atomic E-state index is 0.312. The second-order valence-corrected chi connectivity index (χ2v) is 4.08. The number of rotatable bonds is 0. The number of likely N-dealkylation sites (N-methyl/N-ethyl adjacent to an activating group) is 1. The van der Waals surface area contributed by atoms with E-state index in [1.165, 1.54) is 0 Å². The SMILES string of the molecule is CC1CC(=O)N(C)C2CNCC12. The van der Waals surface area contributed by atoms with E-state index in [0.29, 0.717) is 23.8 Å². The van der Waals surface area contributed by atoms with Crippen molar-refractivity contribution in [1.82, 2.24) is 10.2 Å². The zero-order valence-electron chi connectivity index (χ0n) is 7.71. The van der Waals surface area contributed by atoms with Crippen LogP contribution in [0.5, 0.6) is 0 Å². The number of fused-ring (bicyclic) bond motifs is 1. The minimum absolute atomic E-state index is 0.312. The Morgan fingerprint density at radius 1 is 1.50 bits per heavy atom. The first-order chi connectivity index (χ1) is 5.70. The molecule has 0 aromatic rings. The first kappa shape index (κ1) is 8.05. The van der Waals surface area contributed by atoms with Crippen molar-refractivity contribution in [3.05, 3.63) is 0 Å². The molecule has 0 radical (unpaired) electrons. The molecule has 0 aromatic heterocycles. The average molecular weight is 168 g/mol. The highest BCUT2D eigenvalue weighted by Gasteiger charge is 2.40. The van der Waals surface area contributed by atoms with Crippen LogP contribution in [0.4, 0.5) is 0 Å². The van der Waals surface area contributed by atoms with E-state index in [4.69, 9.17) is 0 Å². The van der Waals surface area contributed by atoms with Gasteiger partial charge in [-0.05, 0) is 11.8 Å². The fourth-order valence-electron chi connectivity index (χ4n) is 2.45. The molecule has 0 bridgehead atoms. The number of carbonyl (C=O) groups excluding carboxylic acids is 1. The van der Waals surface area contributed by atoms with Gasteiger partial charge in [-0.2, -0.15) is 0 Å². The Balaban J connectivity index is 2.17. The van der Waals surface area contributed by atoms with Crippen molar-refractivity contribution in [3.63, 3.8) is 0 Å². The second kappa shape index (κ2) is 2.73. The lowest BCUT2D eigenvalue weighted by Gasteiger charge is -2.37. The quantitative estimate of drug-likeness (QED) is 0.555. The van der Waals surface area contributed by atoms with E-state index in [0.717, 1.165) is 19.5 Å². The Kier molecular flexibility index (Phi) is 1.83. The molecular weight excluding hydrogens is 152 g/mol. The van der Waals surface area contributed by atoms with E-state index in [1.807, 2.05) is 11.9 Å². The summed E-state index contributed by atoms with van der Waals surface area (Å²) in [7, 11) is 1.93. The molecule has 3 heteroatoms. The number of piperidine rings is 1. The van der Waals surface area contributed by atoms with Gasteiger partial charge in [0.1, 0.15) is 0 Å². The molecule has 2 fully saturated rings. The number of hydrogen-bond donors (Lipinski definition) is 1. The van der Waals surface area contributed by atoms with E-state index >= 15 is 0 Å². The number of nitrogens with one attached hydrogen (secondary N) is 1. The van der Waals surface area contributed by atoms with Gasteiger partial charge in [0, 0.05) is 32.6 Å². The Morgan fingerprint density at radius 3 is 3.00 bits per heavy atom. The molecule has 0 aromatic carbocycles. The summed E-state index contributed by atoms with van der Waals surface area (Å²) in [4.78, 5) is 13.4. The Bertz CT molecular complexity index is 205. The predicted molar refractivity (Wildman–Crippen MR) is 46.7 cm³/mol. The normalized spacial score (nSPS) is 41.7. The zero-order chi connectivity index (χ0) is 8.72. The molecule has 3 atom stereocenters. The number of hydrogen-bond acceptors (Lipinski definition) is 2. The van der Waals surface area contributed by atoms with Crippen LogP contribution in [0.1, 0.15) is 13.3 Å². The van der Waals surface area contributed by atoms with Crippen molar-refractivity contribution in [3.8, 4) is 0 Å². The van der Waals surface area contributed by atoms with Gasteiger partial charge in [0.2, 0.25) is 5.91 Å². The molecule has 1 amide bonds. The van der Waals surface area contributed by atoms with Crippen LogP contribution < -0.4 is 5.32 Å². The van der Waals surface area contributed by atoms with Crippen molar-refractivity contribution in [2.24, 2.45) is 11.8 Å². The smallest absolute Gasteiger partial charge is 0.222 e. The summed E-state index contributed by atoms with van der Waals surface area (Å²) in [6.45, 7) is 4.26. The molecule has 12 heavy (non-hydrogen) atoms. The zero-order valence-corrected chi connectivity index (χ0v) is 7.71. The highest BCUT2D eigenvalue weighted by molar-refractivity contribution is 5.77. The summed E-state index contributed by atoms with van der Waals surface area (Å²) < 4.78 is 0. The molecular formula is C9H16N2O. The standard InChI is InChI=1S/C9H16N2O/c1-6-3-9(12)11(2)8-5-10-4-7(6)8/h6-8,10H,3-5H2,1-2H3. The summed E-state index contributed by atoms with van der Waals surface area (Å²) in [6.07, 6.45) is 0.735. The lowest BCUT2D eigenvalue weighted by Crippen LogP contribution is -2.49. The third kappa shape index (κ3) is 1.04. The van der Waals surface area contributed by atoms with E-state index < -0.39 is 0 Å². The van der Waals surface area contributed by atoms with Crippen LogP contribution in [0.2, 0.25) is 0 Å². The number of amides is 1. The minimum Gasteiger partial charge on any atom is -0.341 e. The lowest BCUT2D eigenvalue weighted by molar-refractivity contribution is -0.137. The molecule has 0 spiro atoms. The molecule has 2 heterocycles. The third-order valence-corrected chi connectivity index (χ3v) is 3.35.